The van der Waals surface area contributed by atoms with Gasteiger partial charge in [-0.1, -0.05) is 33.8 Å². The fourth-order valence-corrected chi connectivity index (χ4v) is 2.21. The summed E-state index contributed by atoms with van der Waals surface area (Å²) in [5.74, 6) is 1.33. The zero-order valence-corrected chi connectivity index (χ0v) is 14.4. The molecule has 0 aliphatic carbocycles. The maximum Gasteiger partial charge on any atom is 0.250 e. The molecule has 0 saturated carbocycles. The molecule has 1 amide bonds. The van der Waals surface area contributed by atoms with Crippen LogP contribution in [0.15, 0.2) is 29.2 Å². The predicted molar refractivity (Wildman–Crippen MR) is 90.8 cm³/mol. The molecule has 0 unspecified atom stereocenters. The molecule has 0 fully saturated rings. The Morgan fingerprint density at radius 1 is 1.09 bits per heavy atom. The molecule has 0 aliphatic rings. The van der Waals surface area contributed by atoms with E-state index in [2.05, 4.69) is 27.7 Å². The molecule has 0 bridgehead atoms. The first-order chi connectivity index (χ1) is 10.4. The largest absolute Gasteiger partial charge is 0.343 e. The fourth-order valence-electron chi connectivity index (χ4n) is 2.21. The molecule has 0 radical (unpaired) electrons. The van der Waals surface area contributed by atoms with Crippen molar-refractivity contribution in [2.75, 3.05) is 13.1 Å². The molecular weight excluding hydrogens is 276 g/mol. The van der Waals surface area contributed by atoms with Crippen molar-refractivity contribution in [3.63, 3.8) is 0 Å². The van der Waals surface area contributed by atoms with Crippen LogP contribution in [-0.2, 0) is 11.3 Å². The first-order valence-corrected chi connectivity index (χ1v) is 8.33. The number of hydrogen-bond donors (Lipinski definition) is 0. The predicted octanol–water partition coefficient (Wildman–Crippen LogP) is 3.16. The number of aryl methyl sites for hydroxylation is 1. The van der Waals surface area contributed by atoms with Crippen LogP contribution >= 0.6 is 0 Å². The van der Waals surface area contributed by atoms with Gasteiger partial charge in [-0.3, -0.25) is 9.59 Å². The molecule has 0 aliphatic heterocycles. The molecule has 1 heterocycles. The summed E-state index contributed by atoms with van der Waals surface area (Å²) in [5, 5.41) is 0. The normalized spacial score (nSPS) is 11.2. The van der Waals surface area contributed by atoms with E-state index in [-0.39, 0.29) is 11.5 Å². The van der Waals surface area contributed by atoms with Crippen LogP contribution in [0.2, 0.25) is 0 Å². The van der Waals surface area contributed by atoms with Crippen molar-refractivity contribution in [3.8, 4) is 0 Å². The molecule has 0 aromatic carbocycles. The highest BCUT2D eigenvalue weighted by Gasteiger charge is 2.14. The van der Waals surface area contributed by atoms with E-state index >= 15 is 0 Å². The average molecular weight is 306 g/mol. The lowest BCUT2D eigenvalue weighted by molar-refractivity contribution is -0.131. The highest BCUT2D eigenvalue weighted by Crippen LogP contribution is 2.08. The van der Waals surface area contributed by atoms with E-state index in [1.165, 1.54) is 6.07 Å². The number of nitrogens with zero attached hydrogens (tertiary/aromatic N) is 2. The maximum atomic E-state index is 12.5. The molecular formula is C18H30N2O2. The summed E-state index contributed by atoms with van der Waals surface area (Å²) in [4.78, 5) is 26.1. The van der Waals surface area contributed by atoms with E-state index in [0.29, 0.717) is 24.8 Å². The zero-order valence-electron chi connectivity index (χ0n) is 14.4. The van der Waals surface area contributed by atoms with E-state index < -0.39 is 0 Å². The Bertz CT molecular complexity index is 494. The molecule has 0 saturated heterocycles. The van der Waals surface area contributed by atoms with Gasteiger partial charge < -0.3 is 9.47 Å². The van der Waals surface area contributed by atoms with Gasteiger partial charge in [0.1, 0.15) is 0 Å². The van der Waals surface area contributed by atoms with Crippen LogP contribution in [0.1, 0.15) is 47.0 Å². The summed E-state index contributed by atoms with van der Waals surface area (Å²) >= 11 is 0. The van der Waals surface area contributed by atoms with Gasteiger partial charge in [-0.25, -0.2) is 0 Å². The number of carbonyl (C=O) groups excluding carboxylic acids is 1. The lowest BCUT2D eigenvalue weighted by Crippen LogP contribution is -2.35. The minimum absolute atomic E-state index is 0.0498. The van der Waals surface area contributed by atoms with E-state index in [9.17, 15) is 9.59 Å². The second kappa shape index (κ2) is 9.44. The minimum atomic E-state index is -0.0498. The highest BCUT2D eigenvalue weighted by molar-refractivity contribution is 5.76. The van der Waals surface area contributed by atoms with Gasteiger partial charge >= 0.3 is 0 Å². The number of rotatable bonds is 9. The third kappa shape index (κ3) is 6.92. The third-order valence-electron chi connectivity index (χ3n) is 3.77. The monoisotopic (exact) mass is 306 g/mol. The fraction of sp³-hybridized carbons (Fsp3) is 0.667. The Balaban J connectivity index is 2.58. The lowest BCUT2D eigenvalue weighted by atomic mass is 10.1. The van der Waals surface area contributed by atoms with E-state index in [1.807, 2.05) is 11.0 Å². The van der Waals surface area contributed by atoms with Crippen molar-refractivity contribution in [3.05, 3.63) is 34.7 Å². The van der Waals surface area contributed by atoms with E-state index in [0.717, 1.165) is 25.9 Å². The molecule has 1 aromatic rings. The summed E-state index contributed by atoms with van der Waals surface area (Å²) < 4.78 is 1.60. The van der Waals surface area contributed by atoms with Crippen LogP contribution in [0.5, 0.6) is 0 Å². The van der Waals surface area contributed by atoms with Gasteiger partial charge in [-0.05, 0) is 30.7 Å². The number of carbonyl (C=O) groups is 1. The molecule has 4 nitrogen and oxygen atoms in total. The van der Waals surface area contributed by atoms with Crippen LogP contribution in [0.4, 0.5) is 0 Å². The van der Waals surface area contributed by atoms with Crippen molar-refractivity contribution >= 4 is 5.91 Å². The summed E-state index contributed by atoms with van der Waals surface area (Å²) in [7, 11) is 0. The number of aromatic nitrogens is 1. The summed E-state index contributed by atoms with van der Waals surface area (Å²) in [6.45, 7) is 10.8. The van der Waals surface area contributed by atoms with Crippen LogP contribution in [-0.4, -0.2) is 28.5 Å². The van der Waals surface area contributed by atoms with Crippen LogP contribution in [0.3, 0.4) is 0 Å². The molecule has 0 atom stereocenters. The Kier molecular flexibility index (Phi) is 7.92. The molecule has 1 aromatic heterocycles. The Morgan fingerprint density at radius 2 is 1.68 bits per heavy atom. The zero-order chi connectivity index (χ0) is 16.5. The SMILES string of the molecule is CC(C)CCN(CCC(C)C)C(=O)CCn1ccccc1=O. The van der Waals surface area contributed by atoms with Gasteiger partial charge in [0.2, 0.25) is 5.91 Å². The quantitative estimate of drug-likeness (QED) is 0.703. The molecule has 124 valence electrons. The Hall–Kier alpha value is -1.58. The Morgan fingerprint density at radius 3 is 2.18 bits per heavy atom. The van der Waals surface area contributed by atoms with Crippen molar-refractivity contribution in [2.24, 2.45) is 11.8 Å². The Labute approximate surface area is 134 Å². The molecule has 4 heteroatoms. The molecule has 0 spiro atoms. The van der Waals surface area contributed by atoms with Gasteiger partial charge in [0.05, 0.1) is 0 Å². The number of hydrogen-bond acceptors (Lipinski definition) is 2. The van der Waals surface area contributed by atoms with Gasteiger partial charge in [0.25, 0.3) is 5.56 Å². The van der Waals surface area contributed by atoms with Gasteiger partial charge in [-0.2, -0.15) is 0 Å². The van der Waals surface area contributed by atoms with Crippen molar-refractivity contribution in [1.82, 2.24) is 9.47 Å². The average Bonchev–Trinajstić information content (AvgIpc) is 2.45. The molecule has 0 N–H and O–H groups in total. The molecule has 22 heavy (non-hydrogen) atoms. The smallest absolute Gasteiger partial charge is 0.250 e. The van der Waals surface area contributed by atoms with Gasteiger partial charge in [0.15, 0.2) is 0 Å². The van der Waals surface area contributed by atoms with Crippen molar-refractivity contribution in [1.29, 1.82) is 0 Å². The lowest BCUT2D eigenvalue weighted by Gasteiger charge is -2.24. The van der Waals surface area contributed by atoms with E-state index in [4.69, 9.17) is 0 Å². The summed E-state index contributed by atoms with van der Waals surface area (Å²) in [6, 6.07) is 5.07. The van der Waals surface area contributed by atoms with Gasteiger partial charge in [0, 0.05) is 38.3 Å². The topological polar surface area (TPSA) is 42.3 Å². The number of pyridine rings is 1. The van der Waals surface area contributed by atoms with Crippen molar-refractivity contribution < 1.29 is 4.79 Å². The van der Waals surface area contributed by atoms with Crippen LogP contribution in [0, 0.1) is 11.8 Å². The first-order valence-electron chi connectivity index (χ1n) is 8.33. The third-order valence-corrected chi connectivity index (χ3v) is 3.77. The van der Waals surface area contributed by atoms with Gasteiger partial charge in [-0.15, -0.1) is 0 Å². The summed E-state index contributed by atoms with van der Waals surface area (Å²) in [6.07, 6.45) is 4.17. The second-order valence-electron chi connectivity index (χ2n) is 6.73. The molecule has 1 rings (SSSR count). The maximum absolute atomic E-state index is 12.5. The minimum Gasteiger partial charge on any atom is -0.343 e. The second-order valence-corrected chi connectivity index (χ2v) is 6.73. The van der Waals surface area contributed by atoms with E-state index in [1.54, 1.807) is 16.8 Å². The highest BCUT2D eigenvalue weighted by atomic mass is 16.2. The van der Waals surface area contributed by atoms with Crippen molar-refractivity contribution in [2.45, 2.75) is 53.5 Å². The standard InChI is InChI=1S/C18H30N2O2/c1-15(2)8-12-20(13-9-16(3)4)18(22)10-14-19-11-6-5-7-17(19)21/h5-7,11,15-16H,8-10,12-14H2,1-4H3. The first kappa shape index (κ1) is 18.5. The summed E-state index contributed by atoms with van der Waals surface area (Å²) in [5.41, 5.74) is -0.0498. The van der Waals surface area contributed by atoms with Crippen LogP contribution in [0.25, 0.3) is 0 Å². The van der Waals surface area contributed by atoms with Crippen LogP contribution < -0.4 is 5.56 Å². The number of amides is 1.